The maximum Gasteiger partial charge on any atom is 0.250 e. The molecule has 1 aromatic rings. The molecule has 7 N–H and O–H groups in total. The number of nitrogens with zero attached hydrogens (tertiary/aromatic N) is 1. The lowest BCUT2D eigenvalue weighted by Gasteiger charge is -2.16. The molecular weight excluding hydrogens is 292 g/mol. The van der Waals surface area contributed by atoms with Crippen molar-refractivity contribution in [1.29, 1.82) is 0 Å². The Kier molecular flexibility index (Phi) is 8.52. The molecule has 1 rings (SSSR count). The van der Waals surface area contributed by atoms with Gasteiger partial charge in [-0.2, -0.15) is 0 Å². The van der Waals surface area contributed by atoms with Gasteiger partial charge in [-0.3, -0.25) is 4.79 Å². The number of nitrogens with one attached hydrogen (secondary N) is 3. The highest BCUT2D eigenvalue weighted by atomic mass is 16.1. The molecule has 1 unspecified atom stereocenters. The van der Waals surface area contributed by atoms with Gasteiger partial charge in [-0.25, -0.2) is 4.98 Å². The first-order chi connectivity index (χ1) is 11.1. The summed E-state index contributed by atoms with van der Waals surface area (Å²) >= 11 is 0. The summed E-state index contributed by atoms with van der Waals surface area (Å²) < 4.78 is 0. The Labute approximate surface area is 137 Å². The van der Waals surface area contributed by atoms with Gasteiger partial charge in [-0.1, -0.05) is 6.92 Å². The van der Waals surface area contributed by atoms with Crippen LogP contribution in [0, 0.1) is 0 Å². The summed E-state index contributed by atoms with van der Waals surface area (Å²) in [5, 5.41) is 9.26. The van der Waals surface area contributed by atoms with Crippen molar-refractivity contribution in [2.75, 3.05) is 30.7 Å². The number of rotatable bonds is 10. The molecule has 7 heteroatoms. The Morgan fingerprint density at radius 1 is 1.39 bits per heavy atom. The quantitative estimate of drug-likeness (QED) is 0.322. The third kappa shape index (κ3) is 6.56. The second-order valence-electron chi connectivity index (χ2n) is 5.28. The maximum atomic E-state index is 12.1. The molecule has 0 radical (unpaired) electrons. The zero-order chi connectivity index (χ0) is 17.1. The number of aromatic nitrogens is 1. The number of nitrogens with two attached hydrogens (primary N) is 2. The van der Waals surface area contributed by atoms with Crippen LogP contribution in [0.5, 0.6) is 0 Å². The highest BCUT2D eigenvalue weighted by molar-refractivity contribution is 5.94. The number of hydrogen-bond acceptors (Lipinski definition) is 6. The molecule has 0 saturated heterocycles. The van der Waals surface area contributed by atoms with Crippen molar-refractivity contribution in [3.05, 3.63) is 30.1 Å². The summed E-state index contributed by atoms with van der Waals surface area (Å²) in [6.07, 6.45) is 4.82. The van der Waals surface area contributed by atoms with Crippen molar-refractivity contribution < 1.29 is 4.79 Å². The average Bonchev–Trinajstić information content (AvgIpc) is 2.55. The van der Waals surface area contributed by atoms with Gasteiger partial charge in [0.15, 0.2) is 0 Å². The monoisotopic (exact) mass is 320 g/mol. The maximum absolute atomic E-state index is 12.1. The summed E-state index contributed by atoms with van der Waals surface area (Å²) in [7, 11) is 0. The van der Waals surface area contributed by atoms with Gasteiger partial charge in [0.05, 0.1) is 5.69 Å². The molecule has 0 spiro atoms. The number of nitrogen functional groups attached to an aromatic ring is 1. The van der Waals surface area contributed by atoms with Crippen LogP contribution in [-0.4, -0.2) is 36.6 Å². The molecule has 128 valence electrons. The van der Waals surface area contributed by atoms with E-state index < -0.39 is 0 Å². The lowest BCUT2D eigenvalue weighted by molar-refractivity contribution is -0.117. The number of amides is 1. The molecule has 0 aliphatic carbocycles. The van der Waals surface area contributed by atoms with Crippen molar-refractivity contribution in [3.63, 3.8) is 0 Å². The second-order valence-corrected chi connectivity index (χ2v) is 5.28. The molecule has 0 fully saturated rings. The molecule has 0 bridgehead atoms. The van der Waals surface area contributed by atoms with Crippen LogP contribution in [0.2, 0.25) is 0 Å². The minimum absolute atomic E-state index is 0.0635. The Bertz CT molecular complexity index is 517. The molecular formula is C16H28N6O. The summed E-state index contributed by atoms with van der Waals surface area (Å²) in [5.41, 5.74) is 12.5. The van der Waals surface area contributed by atoms with E-state index >= 15 is 0 Å². The summed E-state index contributed by atoms with van der Waals surface area (Å²) in [6.45, 7) is 6.08. The van der Waals surface area contributed by atoms with Gasteiger partial charge in [-0.15, -0.1) is 0 Å². The molecule has 0 saturated carbocycles. The first kappa shape index (κ1) is 18.8. The SMILES string of the molecule is CCCNC(C)/C(=C\N)C(=O)NCCCNc1ncccc1N. The third-order valence-corrected chi connectivity index (χ3v) is 3.38. The van der Waals surface area contributed by atoms with E-state index in [0.29, 0.717) is 30.2 Å². The average molecular weight is 320 g/mol. The predicted octanol–water partition coefficient (Wildman–Crippen LogP) is 0.813. The molecule has 0 aliphatic heterocycles. The Morgan fingerprint density at radius 3 is 2.83 bits per heavy atom. The fourth-order valence-electron chi connectivity index (χ4n) is 2.05. The van der Waals surface area contributed by atoms with Crippen molar-refractivity contribution >= 4 is 17.4 Å². The van der Waals surface area contributed by atoms with E-state index in [0.717, 1.165) is 19.4 Å². The summed E-state index contributed by atoms with van der Waals surface area (Å²) in [6, 6.07) is 3.52. The number of carbonyl (C=O) groups excluding carboxylic acids is 1. The van der Waals surface area contributed by atoms with E-state index in [1.165, 1.54) is 6.20 Å². The number of pyridine rings is 1. The highest BCUT2D eigenvalue weighted by Crippen LogP contribution is 2.12. The number of anilines is 2. The van der Waals surface area contributed by atoms with Crippen molar-refractivity contribution in [2.24, 2.45) is 5.73 Å². The number of hydrogen-bond donors (Lipinski definition) is 5. The van der Waals surface area contributed by atoms with Crippen LogP contribution in [0.3, 0.4) is 0 Å². The summed E-state index contributed by atoms with van der Waals surface area (Å²) in [4.78, 5) is 16.3. The molecule has 0 aromatic carbocycles. The zero-order valence-electron chi connectivity index (χ0n) is 13.9. The van der Waals surface area contributed by atoms with Gasteiger partial charge in [0.1, 0.15) is 5.82 Å². The molecule has 23 heavy (non-hydrogen) atoms. The fraction of sp³-hybridized carbons (Fsp3) is 0.500. The topological polar surface area (TPSA) is 118 Å². The molecule has 7 nitrogen and oxygen atoms in total. The van der Waals surface area contributed by atoms with Gasteiger partial charge in [0.25, 0.3) is 0 Å². The minimum atomic E-state index is -0.138. The van der Waals surface area contributed by atoms with Crippen LogP contribution in [-0.2, 0) is 4.79 Å². The van der Waals surface area contributed by atoms with Gasteiger partial charge in [-0.05, 0) is 38.4 Å². The van der Waals surface area contributed by atoms with E-state index in [-0.39, 0.29) is 11.9 Å². The lowest BCUT2D eigenvalue weighted by atomic mass is 10.1. The van der Waals surface area contributed by atoms with E-state index in [1.807, 2.05) is 6.92 Å². The van der Waals surface area contributed by atoms with E-state index in [2.05, 4.69) is 27.9 Å². The van der Waals surface area contributed by atoms with E-state index in [1.54, 1.807) is 18.3 Å². The van der Waals surface area contributed by atoms with Crippen LogP contribution in [0.4, 0.5) is 11.5 Å². The Hall–Kier alpha value is -2.28. The van der Waals surface area contributed by atoms with Gasteiger partial charge < -0.3 is 27.4 Å². The van der Waals surface area contributed by atoms with Crippen LogP contribution >= 0.6 is 0 Å². The van der Waals surface area contributed by atoms with Crippen LogP contribution in [0.15, 0.2) is 30.1 Å². The van der Waals surface area contributed by atoms with Crippen LogP contribution in [0.25, 0.3) is 0 Å². The van der Waals surface area contributed by atoms with Gasteiger partial charge in [0.2, 0.25) is 5.91 Å². The van der Waals surface area contributed by atoms with Crippen molar-refractivity contribution in [1.82, 2.24) is 15.6 Å². The normalized spacial score (nSPS) is 12.7. The second kappa shape index (κ2) is 10.4. The van der Waals surface area contributed by atoms with Crippen molar-refractivity contribution in [3.8, 4) is 0 Å². The smallest absolute Gasteiger partial charge is 0.250 e. The lowest BCUT2D eigenvalue weighted by Crippen LogP contribution is -2.38. The Balaban J connectivity index is 2.29. The molecule has 0 aliphatic rings. The zero-order valence-corrected chi connectivity index (χ0v) is 13.9. The molecule has 1 aromatic heterocycles. The fourth-order valence-corrected chi connectivity index (χ4v) is 2.05. The first-order valence-electron chi connectivity index (χ1n) is 7.97. The van der Waals surface area contributed by atoms with Crippen LogP contribution in [0.1, 0.15) is 26.7 Å². The third-order valence-electron chi connectivity index (χ3n) is 3.38. The predicted molar refractivity (Wildman–Crippen MR) is 94.8 cm³/mol. The largest absolute Gasteiger partial charge is 0.404 e. The number of carbonyl (C=O) groups is 1. The van der Waals surface area contributed by atoms with Gasteiger partial charge >= 0.3 is 0 Å². The highest BCUT2D eigenvalue weighted by Gasteiger charge is 2.15. The molecule has 1 amide bonds. The van der Waals surface area contributed by atoms with Gasteiger partial charge in [0, 0.05) is 37.1 Å². The summed E-state index contributed by atoms with van der Waals surface area (Å²) in [5.74, 6) is 0.528. The minimum Gasteiger partial charge on any atom is -0.404 e. The van der Waals surface area contributed by atoms with E-state index in [9.17, 15) is 4.79 Å². The van der Waals surface area contributed by atoms with Crippen molar-refractivity contribution in [2.45, 2.75) is 32.7 Å². The van der Waals surface area contributed by atoms with E-state index in [4.69, 9.17) is 11.5 Å². The molecule has 1 heterocycles. The first-order valence-corrected chi connectivity index (χ1v) is 7.97. The van der Waals surface area contributed by atoms with Crippen LogP contribution < -0.4 is 27.4 Å². The Morgan fingerprint density at radius 2 is 2.17 bits per heavy atom. The standard InChI is InChI=1S/C16H28N6O/c1-3-7-19-12(2)13(11-17)16(23)22-10-5-9-21-15-14(18)6-4-8-20-15/h4,6,8,11-12,19H,3,5,7,9-10,17-18H2,1-2H3,(H,20,21)(H,22,23)/b13-11+. The molecule has 1 atom stereocenters.